The quantitative estimate of drug-likeness (QED) is 0.881. The topological polar surface area (TPSA) is 77.6 Å². The number of benzene rings is 1. The Balaban J connectivity index is 1.68. The van der Waals surface area contributed by atoms with E-state index in [4.69, 9.17) is 14.0 Å². The number of methoxy groups -OCH3 is 1. The molecule has 0 spiro atoms. The minimum Gasteiger partial charge on any atom is -0.493 e. The Kier molecular flexibility index (Phi) is 3.79. The first kappa shape index (κ1) is 13.9. The van der Waals surface area contributed by atoms with Crippen LogP contribution in [0.4, 0.5) is 0 Å². The molecule has 1 aliphatic carbocycles. The van der Waals surface area contributed by atoms with Crippen LogP contribution in [0.15, 0.2) is 22.7 Å². The van der Waals surface area contributed by atoms with Crippen LogP contribution in [0.2, 0.25) is 0 Å². The maximum Gasteiger partial charge on any atom is 0.229 e. The molecule has 1 aromatic heterocycles. The van der Waals surface area contributed by atoms with Gasteiger partial charge in [-0.05, 0) is 37.5 Å². The van der Waals surface area contributed by atoms with Gasteiger partial charge in [0.1, 0.15) is 0 Å². The molecule has 0 amide bonds. The van der Waals surface area contributed by atoms with Crippen LogP contribution in [0.5, 0.6) is 11.5 Å². The molecule has 1 fully saturated rings. The fourth-order valence-electron chi connectivity index (χ4n) is 2.03. The average molecular weight is 290 g/mol. The highest BCUT2D eigenvalue weighted by Crippen LogP contribution is 2.39. The standard InChI is InChI=1S/C15H18N2O4/c1-9(18)11-5-6-12(13(7-11)19-2)20-8-14-16-15(21-17-14)10-3-4-10/h5-7,9-10,18H,3-4,8H2,1-2H3. The van der Waals surface area contributed by atoms with Gasteiger partial charge in [-0.15, -0.1) is 0 Å². The summed E-state index contributed by atoms with van der Waals surface area (Å²) in [6.45, 7) is 1.93. The Morgan fingerprint density at radius 1 is 1.38 bits per heavy atom. The first-order chi connectivity index (χ1) is 10.2. The van der Waals surface area contributed by atoms with Crippen LogP contribution in [-0.4, -0.2) is 22.4 Å². The van der Waals surface area contributed by atoms with Crippen molar-refractivity contribution in [1.29, 1.82) is 0 Å². The van der Waals surface area contributed by atoms with E-state index in [1.54, 1.807) is 32.2 Å². The maximum atomic E-state index is 9.57. The van der Waals surface area contributed by atoms with Gasteiger partial charge in [0.15, 0.2) is 18.1 Å². The summed E-state index contributed by atoms with van der Waals surface area (Å²) < 4.78 is 16.1. The zero-order chi connectivity index (χ0) is 14.8. The minimum atomic E-state index is -0.550. The molecule has 1 aromatic carbocycles. The van der Waals surface area contributed by atoms with Gasteiger partial charge < -0.3 is 19.1 Å². The number of hydrogen-bond donors (Lipinski definition) is 1. The Morgan fingerprint density at radius 2 is 2.19 bits per heavy atom. The molecule has 6 heteroatoms. The molecule has 112 valence electrons. The molecule has 1 unspecified atom stereocenters. The molecule has 0 bridgehead atoms. The Morgan fingerprint density at radius 3 is 2.86 bits per heavy atom. The van der Waals surface area contributed by atoms with Crippen LogP contribution in [0.3, 0.4) is 0 Å². The lowest BCUT2D eigenvalue weighted by Gasteiger charge is -2.12. The summed E-state index contributed by atoms with van der Waals surface area (Å²) in [5.74, 6) is 2.81. The van der Waals surface area contributed by atoms with Crippen molar-refractivity contribution in [2.24, 2.45) is 0 Å². The highest BCUT2D eigenvalue weighted by Gasteiger charge is 2.29. The third kappa shape index (κ3) is 3.16. The van der Waals surface area contributed by atoms with Crippen molar-refractivity contribution in [2.75, 3.05) is 7.11 Å². The number of aliphatic hydroxyl groups is 1. The molecule has 0 saturated heterocycles. The zero-order valence-electron chi connectivity index (χ0n) is 12.1. The van der Waals surface area contributed by atoms with Crippen LogP contribution in [0.25, 0.3) is 0 Å². The number of hydrogen-bond acceptors (Lipinski definition) is 6. The highest BCUT2D eigenvalue weighted by molar-refractivity contribution is 5.43. The molecule has 1 atom stereocenters. The van der Waals surface area contributed by atoms with Gasteiger partial charge in [-0.25, -0.2) is 0 Å². The summed E-state index contributed by atoms with van der Waals surface area (Å²) in [7, 11) is 1.56. The van der Waals surface area contributed by atoms with E-state index in [0.29, 0.717) is 29.1 Å². The lowest BCUT2D eigenvalue weighted by atomic mass is 10.1. The van der Waals surface area contributed by atoms with Gasteiger partial charge in [-0.2, -0.15) is 4.98 Å². The van der Waals surface area contributed by atoms with Gasteiger partial charge in [0.05, 0.1) is 13.2 Å². The summed E-state index contributed by atoms with van der Waals surface area (Å²) in [6.07, 6.45) is 1.69. The molecule has 1 N–H and O–H groups in total. The van der Waals surface area contributed by atoms with E-state index in [0.717, 1.165) is 18.4 Å². The van der Waals surface area contributed by atoms with E-state index in [9.17, 15) is 5.11 Å². The van der Waals surface area contributed by atoms with E-state index in [1.807, 2.05) is 0 Å². The Bertz CT molecular complexity index is 620. The lowest BCUT2D eigenvalue weighted by Crippen LogP contribution is -2.01. The number of aliphatic hydroxyl groups excluding tert-OH is 1. The first-order valence-electron chi connectivity index (χ1n) is 6.98. The normalized spacial score (nSPS) is 15.8. The molecule has 2 aromatic rings. The summed E-state index contributed by atoms with van der Waals surface area (Å²) in [4.78, 5) is 4.31. The van der Waals surface area contributed by atoms with Crippen LogP contribution < -0.4 is 9.47 Å². The van der Waals surface area contributed by atoms with Crippen molar-refractivity contribution in [1.82, 2.24) is 10.1 Å². The number of aromatic nitrogens is 2. The predicted octanol–water partition coefficient (Wildman–Crippen LogP) is 2.59. The first-order valence-corrected chi connectivity index (χ1v) is 6.98. The van der Waals surface area contributed by atoms with Crippen LogP contribution in [0.1, 0.15) is 49.1 Å². The molecule has 1 aliphatic rings. The lowest BCUT2D eigenvalue weighted by molar-refractivity contribution is 0.198. The van der Waals surface area contributed by atoms with Crippen LogP contribution in [0, 0.1) is 0 Å². The molecule has 0 radical (unpaired) electrons. The molecule has 1 saturated carbocycles. The van der Waals surface area contributed by atoms with E-state index < -0.39 is 6.10 Å². The van der Waals surface area contributed by atoms with Crippen LogP contribution in [-0.2, 0) is 6.61 Å². The number of nitrogens with zero attached hydrogens (tertiary/aromatic N) is 2. The van der Waals surface area contributed by atoms with Crippen molar-refractivity contribution in [3.05, 3.63) is 35.5 Å². The zero-order valence-corrected chi connectivity index (χ0v) is 12.1. The second kappa shape index (κ2) is 5.73. The minimum absolute atomic E-state index is 0.223. The van der Waals surface area contributed by atoms with Gasteiger partial charge in [-0.3, -0.25) is 0 Å². The summed E-state index contributed by atoms with van der Waals surface area (Å²) >= 11 is 0. The average Bonchev–Trinajstić information content (AvgIpc) is 3.24. The van der Waals surface area contributed by atoms with Gasteiger partial charge in [0.25, 0.3) is 0 Å². The molecule has 21 heavy (non-hydrogen) atoms. The van der Waals surface area contributed by atoms with Crippen molar-refractivity contribution >= 4 is 0 Å². The molecule has 1 heterocycles. The molecular weight excluding hydrogens is 272 g/mol. The van der Waals surface area contributed by atoms with Gasteiger partial charge >= 0.3 is 0 Å². The molecule has 6 nitrogen and oxygen atoms in total. The largest absolute Gasteiger partial charge is 0.493 e. The van der Waals surface area contributed by atoms with E-state index in [1.165, 1.54) is 0 Å². The van der Waals surface area contributed by atoms with E-state index >= 15 is 0 Å². The summed E-state index contributed by atoms with van der Waals surface area (Å²) in [5, 5.41) is 13.5. The van der Waals surface area contributed by atoms with Crippen LogP contribution >= 0.6 is 0 Å². The summed E-state index contributed by atoms with van der Waals surface area (Å²) in [5.41, 5.74) is 0.773. The molecule has 3 rings (SSSR count). The molecular formula is C15H18N2O4. The fourth-order valence-corrected chi connectivity index (χ4v) is 2.03. The van der Waals surface area contributed by atoms with Crippen molar-refractivity contribution < 1.29 is 19.1 Å². The SMILES string of the molecule is COc1cc(C(C)O)ccc1OCc1noc(C2CC2)n1. The third-order valence-electron chi connectivity index (χ3n) is 3.44. The van der Waals surface area contributed by atoms with Crippen molar-refractivity contribution in [3.63, 3.8) is 0 Å². The Hall–Kier alpha value is -2.08. The van der Waals surface area contributed by atoms with Gasteiger partial charge in [-0.1, -0.05) is 11.2 Å². The maximum absolute atomic E-state index is 9.57. The van der Waals surface area contributed by atoms with E-state index in [-0.39, 0.29) is 6.61 Å². The fraction of sp³-hybridized carbons (Fsp3) is 0.467. The predicted molar refractivity (Wildman–Crippen MR) is 74.2 cm³/mol. The number of rotatable bonds is 6. The smallest absolute Gasteiger partial charge is 0.229 e. The highest BCUT2D eigenvalue weighted by atomic mass is 16.5. The van der Waals surface area contributed by atoms with Gasteiger partial charge in [0, 0.05) is 5.92 Å². The van der Waals surface area contributed by atoms with Crippen molar-refractivity contribution in [3.8, 4) is 11.5 Å². The Labute approximate surface area is 122 Å². The number of ether oxygens (including phenoxy) is 2. The third-order valence-corrected chi connectivity index (χ3v) is 3.44. The monoisotopic (exact) mass is 290 g/mol. The molecule has 0 aliphatic heterocycles. The van der Waals surface area contributed by atoms with Gasteiger partial charge in [0.2, 0.25) is 11.7 Å². The van der Waals surface area contributed by atoms with Crippen molar-refractivity contribution in [2.45, 2.75) is 38.4 Å². The summed E-state index contributed by atoms with van der Waals surface area (Å²) in [6, 6.07) is 5.32. The van der Waals surface area contributed by atoms with E-state index in [2.05, 4.69) is 10.1 Å². The second-order valence-corrected chi connectivity index (χ2v) is 5.20. The second-order valence-electron chi connectivity index (χ2n) is 5.20.